The van der Waals surface area contributed by atoms with Crippen molar-refractivity contribution >= 4 is 16.9 Å². The zero-order valence-corrected chi connectivity index (χ0v) is 10.2. The van der Waals surface area contributed by atoms with Gasteiger partial charge in [-0.2, -0.15) is 0 Å². The van der Waals surface area contributed by atoms with Crippen molar-refractivity contribution in [3.8, 4) is 11.3 Å². The van der Waals surface area contributed by atoms with Crippen molar-refractivity contribution in [2.75, 3.05) is 0 Å². The Morgan fingerprint density at radius 1 is 1.26 bits per heavy atom. The quantitative estimate of drug-likeness (QED) is 0.735. The van der Waals surface area contributed by atoms with Gasteiger partial charge in [0.2, 0.25) is 0 Å². The summed E-state index contributed by atoms with van der Waals surface area (Å²) in [7, 11) is 0. The number of hydrogen-bond donors (Lipinski definition) is 2. The molecule has 0 aliphatic heterocycles. The summed E-state index contributed by atoms with van der Waals surface area (Å²) in [6.07, 6.45) is 1.85. The van der Waals surface area contributed by atoms with Gasteiger partial charge in [0.1, 0.15) is 5.82 Å². The lowest BCUT2D eigenvalue weighted by Crippen LogP contribution is -2.04. The Balaban J connectivity index is 2.26. The molecule has 94 valence electrons. The van der Waals surface area contributed by atoms with Gasteiger partial charge in [0.25, 0.3) is 0 Å². The van der Waals surface area contributed by atoms with E-state index in [-0.39, 0.29) is 5.69 Å². The summed E-state index contributed by atoms with van der Waals surface area (Å²) in [6.45, 7) is 1.69. The van der Waals surface area contributed by atoms with E-state index < -0.39 is 5.97 Å². The van der Waals surface area contributed by atoms with E-state index in [2.05, 4.69) is 15.0 Å². The Bertz CT molecular complexity index is 777. The fourth-order valence-corrected chi connectivity index (χ4v) is 2.12. The maximum atomic E-state index is 11.1. The molecule has 0 aliphatic rings. The minimum atomic E-state index is -1.05. The number of aromatic carboxylic acids is 1. The third-order valence-electron chi connectivity index (χ3n) is 2.93. The number of nitrogens with zero attached hydrogens (tertiary/aromatic N) is 2. The molecular weight excluding hydrogens is 242 g/mol. The molecule has 5 nitrogen and oxygen atoms in total. The summed E-state index contributed by atoms with van der Waals surface area (Å²) in [4.78, 5) is 22.4. The van der Waals surface area contributed by atoms with E-state index >= 15 is 0 Å². The van der Waals surface area contributed by atoms with E-state index in [1.165, 1.54) is 6.07 Å². The van der Waals surface area contributed by atoms with E-state index in [4.69, 9.17) is 5.11 Å². The van der Waals surface area contributed by atoms with Gasteiger partial charge in [-0.1, -0.05) is 12.1 Å². The van der Waals surface area contributed by atoms with Crippen molar-refractivity contribution in [1.82, 2.24) is 15.0 Å². The summed E-state index contributed by atoms with van der Waals surface area (Å²) in [5.41, 5.74) is 2.52. The summed E-state index contributed by atoms with van der Waals surface area (Å²) in [5.74, 6) is -0.601. The number of benzene rings is 1. The molecule has 0 saturated carbocycles. The number of rotatable bonds is 2. The highest BCUT2D eigenvalue weighted by atomic mass is 16.4. The number of aromatic nitrogens is 3. The molecule has 2 heterocycles. The van der Waals surface area contributed by atoms with E-state index in [1.807, 2.05) is 30.5 Å². The third kappa shape index (κ3) is 1.95. The second kappa shape index (κ2) is 4.20. The van der Waals surface area contributed by atoms with Gasteiger partial charge in [0.05, 0.1) is 5.69 Å². The molecule has 0 amide bonds. The molecule has 3 aromatic rings. The number of carboxylic acids is 1. The lowest BCUT2D eigenvalue weighted by Gasteiger charge is -2.05. The van der Waals surface area contributed by atoms with Crippen LogP contribution >= 0.6 is 0 Å². The molecule has 0 fully saturated rings. The summed E-state index contributed by atoms with van der Waals surface area (Å²) < 4.78 is 0. The summed E-state index contributed by atoms with van der Waals surface area (Å²) in [6, 6.07) is 9.24. The molecule has 1 aromatic carbocycles. The molecule has 0 spiro atoms. The number of aryl methyl sites for hydroxylation is 1. The maximum Gasteiger partial charge on any atom is 0.354 e. The zero-order chi connectivity index (χ0) is 13.4. The average Bonchev–Trinajstić information content (AvgIpc) is 2.85. The lowest BCUT2D eigenvalue weighted by atomic mass is 10.1. The highest BCUT2D eigenvalue weighted by Gasteiger charge is 2.12. The van der Waals surface area contributed by atoms with Crippen molar-refractivity contribution in [3.63, 3.8) is 0 Å². The minimum Gasteiger partial charge on any atom is -0.477 e. The Labute approximate surface area is 109 Å². The van der Waals surface area contributed by atoms with Crippen LogP contribution in [0.3, 0.4) is 0 Å². The predicted molar refractivity (Wildman–Crippen MR) is 71.0 cm³/mol. The van der Waals surface area contributed by atoms with Gasteiger partial charge < -0.3 is 10.1 Å². The molecular formula is C14H11N3O2. The van der Waals surface area contributed by atoms with E-state index in [0.717, 1.165) is 16.5 Å². The van der Waals surface area contributed by atoms with E-state index in [0.29, 0.717) is 11.5 Å². The summed E-state index contributed by atoms with van der Waals surface area (Å²) in [5, 5.41) is 10.1. The first-order chi connectivity index (χ1) is 9.15. The number of hydrogen-bond acceptors (Lipinski definition) is 3. The average molecular weight is 253 g/mol. The van der Waals surface area contributed by atoms with Crippen LogP contribution in [0.1, 0.15) is 16.3 Å². The monoisotopic (exact) mass is 253 g/mol. The first-order valence-electron chi connectivity index (χ1n) is 5.80. The Morgan fingerprint density at radius 3 is 2.89 bits per heavy atom. The van der Waals surface area contributed by atoms with Crippen LogP contribution in [0, 0.1) is 6.92 Å². The predicted octanol–water partition coefficient (Wildman–Crippen LogP) is 2.63. The largest absolute Gasteiger partial charge is 0.477 e. The highest BCUT2D eigenvalue weighted by Crippen LogP contribution is 2.27. The van der Waals surface area contributed by atoms with Crippen LogP contribution < -0.4 is 0 Å². The topological polar surface area (TPSA) is 78.9 Å². The van der Waals surface area contributed by atoms with Crippen molar-refractivity contribution in [2.45, 2.75) is 6.92 Å². The second-order valence-corrected chi connectivity index (χ2v) is 4.24. The van der Waals surface area contributed by atoms with Crippen LogP contribution in [-0.4, -0.2) is 26.0 Å². The first-order valence-corrected chi connectivity index (χ1v) is 5.80. The van der Waals surface area contributed by atoms with Crippen LogP contribution in [0.15, 0.2) is 36.5 Å². The number of H-pyrrole nitrogens is 1. The van der Waals surface area contributed by atoms with Crippen molar-refractivity contribution < 1.29 is 9.90 Å². The van der Waals surface area contributed by atoms with Gasteiger partial charge in [-0.05, 0) is 25.1 Å². The van der Waals surface area contributed by atoms with Crippen LogP contribution in [0.25, 0.3) is 22.2 Å². The Kier molecular flexibility index (Phi) is 2.52. The van der Waals surface area contributed by atoms with Crippen molar-refractivity contribution in [3.05, 3.63) is 48.0 Å². The first kappa shape index (κ1) is 11.4. The molecule has 0 radical (unpaired) electrons. The van der Waals surface area contributed by atoms with Gasteiger partial charge in [0, 0.05) is 22.7 Å². The molecule has 0 bridgehead atoms. The molecule has 0 saturated heterocycles. The van der Waals surface area contributed by atoms with Crippen LogP contribution in [-0.2, 0) is 0 Å². The molecule has 0 atom stereocenters. The SMILES string of the molecule is Cc1nc(C(=O)O)cc(-c2cccc3[nH]ccc23)n1. The van der Waals surface area contributed by atoms with E-state index in [9.17, 15) is 4.79 Å². The third-order valence-corrected chi connectivity index (χ3v) is 2.93. The van der Waals surface area contributed by atoms with Crippen LogP contribution in [0.5, 0.6) is 0 Å². The Hall–Kier alpha value is -2.69. The molecule has 5 heteroatoms. The number of carbonyl (C=O) groups is 1. The molecule has 3 rings (SSSR count). The van der Waals surface area contributed by atoms with Gasteiger partial charge in [-0.3, -0.25) is 0 Å². The van der Waals surface area contributed by atoms with E-state index in [1.54, 1.807) is 6.92 Å². The lowest BCUT2D eigenvalue weighted by molar-refractivity contribution is 0.0690. The minimum absolute atomic E-state index is 0.00930. The molecule has 0 aliphatic carbocycles. The highest BCUT2D eigenvalue weighted by molar-refractivity contribution is 5.95. The number of carboxylic acid groups (broad SMARTS) is 1. The maximum absolute atomic E-state index is 11.1. The van der Waals surface area contributed by atoms with Crippen molar-refractivity contribution in [2.24, 2.45) is 0 Å². The second-order valence-electron chi connectivity index (χ2n) is 4.24. The van der Waals surface area contributed by atoms with Gasteiger partial charge in [0.15, 0.2) is 5.69 Å². The summed E-state index contributed by atoms with van der Waals surface area (Å²) >= 11 is 0. The number of fused-ring (bicyclic) bond motifs is 1. The van der Waals surface area contributed by atoms with Gasteiger partial charge >= 0.3 is 5.97 Å². The molecule has 2 aromatic heterocycles. The number of aromatic amines is 1. The zero-order valence-electron chi connectivity index (χ0n) is 10.2. The molecule has 19 heavy (non-hydrogen) atoms. The number of nitrogens with one attached hydrogen (secondary N) is 1. The fraction of sp³-hybridized carbons (Fsp3) is 0.0714. The smallest absolute Gasteiger partial charge is 0.354 e. The van der Waals surface area contributed by atoms with Gasteiger partial charge in [-0.15, -0.1) is 0 Å². The Morgan fingerprint density at radius 2 is 2.11 bits per heavy atom. The van der Waals surface area contributed by atoms with Crippen LogP contribution in [0.2, 0.25) is 0 Å². The molecule has 2 N–H and O–H groups in total. The van der Waals surface area contributed by atoms with Gasteiger partial charge in [-0.25, -0.2) is 14.8 Å². The molecule has 0 unspecified atom stereocenters. The van der Waals surface area contributed by atoms with Crippen LogP contribution in [0.4, 0.5) is 0 Å². The van der Waals surface area contributed by atoms with Crippen molar-refractivity contribution in [1.29, 1.82) is 0 Å². The fourth-order valence-electron chi connectivity index (χ4n) is 2.12. The normalized spacial score (nSPS) is 10.8. The standard InChI is InChI=1S/C14H11N3O2/c1-8-16-12(7-13(17-8)14(18)19)9-3-2-4-11-10(9)5-6-15-11/h2-7,15H,1H3,(H,18,19).